The van der Waals surface area contributed by atoms with Crippen LogP contribution in [0.25, 0.3) is 5.65 Å². The fourth-order valence-electron chi connectivity index (χ4n) is 3.79. The first-order valence-electron chi connectivity index (χ1n) is 10.0. The van der Waals surface area contributed by atoms with Crippen LogP contribution in [-0.4, -0.2) is 61.4 Å². The second-order valence-electron chi connectivity index (χ2n) is 7.26. The standard InChI is InChI=1S/C20H28N8.HI/c1-3-21-20(27-12-9-16(15-27)17-13-23-26(2)14-17)22-10-6-8-19-25-24-18-7-4-5-11-28(18)19;/h4-5,7,11,13-14,16H,3,6,8-10,12,15H2,1-2H3,(H,21,22);1H. The highest BCUT2D eigenvalue weighted by atomic mass is 127. The number of hydrogen-bond acceptors (Lipinski definition) is 4. The molecule has 9 heteroatoms. The zero-order valence-electron chi connectivity index (χ0n) is 17.0. The smallest absolute Gasteiger partial charge is 0.193 e. The summed E-state index contributed by atoms with van der Waals surface area (Å²) >= 11 is 0. The van der Waals surface area contributed by atoms with Crippen LogP contribution in [0.15, 0.2) is 41.8 Å². The summed E-state index contributed by atoms with van der Waals surface area (Å²) in [6.45, 7) is 5.79. The number of fused-ring (bicyclic) bond motifs is 1. The Morgan fingerprint density at radius 1 is 1.31 bits per heavy atom. The highest BCUT2D eigenvalue weighted by Crippen LogP contribution is 2.26. The van der Waals surface area contributed by atoms with Gasteiger partial charge in [-0.1, -0.05) is 6.07 Å². The van der Waals surface area contributed by atoms with Gasteiger partial charge in [0.25, 0.3) is 0 Å². The third-order valence-electron chi connectivity index (χ3n) is 5.22. The SMILES string of the molecule is CCNC(=NCCCc1nnc2ccccn12)N1CCC(c2cnn(C)c2)C1.I. The van der Waals surface area contributed by atoms with E-state index in [1.165, 1.54) is 5.56 Å². The normalized spacial score (nSPS) is 17.0. The molecule has 0 aromatic carbocycles. The van der Waals surface area contributed by atoms with Gasteiger partial charge >= 0.3 is 0 Å². The molecule has 0 amide bonds. The predicted octanol–water partition coefficient (Wildman–Crippen LogP) is 2.47. The zero-order chi connectivity index (χ0) is 19.3. The van der Waals surface area contributed by atoms with E-state index >= 15 is 0 Å². The molecule has 3 aromatic rings. The molecule has 4 heterocycles. The van der Waals surface area contributed by atoms with Crippen LogP contribution in [0.1, 0.15) is 37.1 Å². The summed E-state index contributed by atoms with van der Waals surface area (Å²) in [6, 6.07) is 5.97. The molecule has 1 atom stereocenters. The number of halogens is 1. The largest absolute Gasteiger partial charge is 0.357 e. The minimum Gasteiger partial charge on any atom is -0.357 e. The first-order chi connectivity index (χ1) is 13.7. The van der Waals surface area contributed by atoms with Crippen molar-refractivity contribution < 1.29 is 0 Å². The Labute approximate surface area is 188 Å². The van der Waals surface area contributed by atoms with Gasteiger partial charge in [0, 0.05) is 58.0 Å². The lowest BCUT2D eigenvalue weighted by atomic mass is 10.0. The summed E-state index contributed by atoms with van der Waals surface area (Å²) in [6.07, 6.45) is 9.09. The molecule has 0 aliphatic carbocycles. The first-order valence-corrected chi connectivity index (χ1v) is 10.0. The Morgan fingerprint density at radius 3 is 3.00 bits per heavy atom. The van der Waals surface area contributed by atoms with E-state index in [9.17, 15) is 0 Å². The van der Waals surface area contributed by atoms with Gasteiger partial charge in [-0.3, -0.25) is 14.1 Å². The van der Waals surface area contributed by atoms with Crippen molar-refractivity contribution in [2.75, 3.05) is 26.2 Å². The number of nitrogens with one attached hydrogen (secondary N) is 1. The molecule has 4 rings (SSSR count). The Hall–Kier alpha value is -2.17. The van der Waals surface area contributed by atoms with Gasteiger partial charge < -0.3 is 10.2 Å². The molecule has 3 aromatic heterocycles. The maximum absolute atomic E-state index is 4.86. The fraction of sp³-hybridized carbons (Fsp3) is 0.500. The van der Waals surface area contributed by atoms with Crippen LogP contribution in [0.4, 0.5) is 0 Å². The number of likely N-dealkylation sites (tertiary alicyclic amines) is 1. The molecule has 8 nitrogen and oxygen atoms in total. The molecule has 1 fully saturated rings. The van der Waals surface area contributed by atoms with Crippen molar-refractivity contribution in [1.82, 2.24) is 34.6 Å². The van der Waals surface area contributed by atoms with Crippen molar-refractivity contribution in [3.8, 4) is 0 Å². The van der Waals surface area contributed by atoms with Crippen molar-refractivity contribution in [1.29, 1.82) is 0 Å². The lowest BCUT2D eigenvalue weighted by Crippen LogP contribution is -2.40. The summed E-state index contributed by atoms with van der Waals surface area (Å²) in [5, 5.41) is 16.3. The highest BCUT2D eigenvalue weighted by Gasteiger charge is 2.26. The van der Waals surface area contributed by atoms with Gasteiger partial charge in [0.05, 0.1) is 6.20 Å². The number of aryl methyl sites for hydroxylation is 2. The molecule has 156 valence electrons. The van der Waals surface area contributed by atoms with Crippen molar-refractivity contribution in [2.24, 2.45) is 12.0 Å². The second-order valence-corrected chi connectivity index (χ2v) is 7.26. The van der Waals surface area contributed by atoms with E-state index in [0.29, 0.717) is 5.92 Å². The average molecular weight is 508 g/mol. The number of aliphatic imine (C=N–C) groups is 1. The molecule has 0 saturated carbocycles. The van der Waals surface area contributed by atoms with Gasteiger partial charge in [0.15, 0.2) is 11.6 Å². The van der Waals surface area contributed by atoms with Gasteiger partial charge in [0.2, 0.25) is 0 Å². The second kappa shape index (κ2) is 10.0. The minimum absolute atomic E-state index is 0. The van der Waals surface area contributed by atoms with E-state index in [0.717, 1.165) is 62.9 Å². The Bertz CT molecular complexity index is 947. The number of nitrogens with zero attached hydrogens (tertiary/aromatic N) is 7. The van der Waals surface area contributed by atoms with Gasteiger partial charge in [-0.15, -0.1) is 34.2 Å². The predicted molar refractivity (Wildman–Crippen MR) is 125 cm³/mol. The Morgan fingerprint density at radius 2 is 2.21 bits per heavy atom. The first kappa shape index (κ1) is 21.5. The summed E-state index contributed by atoms with van der Waals surface area (Å²) in [7, 11) is 1.97. The van der Waals surface area contributed by atoms with Crippen molar-refractivity contribution in [2.45, 2.75) is 32.1 Å². The lowest BCUT2D eigenvalue weighted by molar-refractivity contribution is 0.485. The number of hydrogen-bond donors (Lipinski definition) is 1. The van der Waals surface area contributed by atoms with Gasteiger partial charge in [-0.2, -0.15) is 5.10 Å². The van der Waals surface area contributed by atoms with E-state index in [-0.39, 0.29) is 24.0 Å². The number of pyridine rings is 1. The van der Waals surface area contributed by atoms with Crippen LogP contribution < -0.4 is 5.32 Å². The van der Waals surface area contributed by atoms with Crippen molar-refractivity contribution in [3.05, 3.63) is 48.2 Å². The van der Waals surface area contributed by atoms with E-state index in [1.54, 1.807) is 0 Å². The van der Waals surface area contributed by atoms with Gasteiger partial charge in [-0.25, -0.2) is 0 Å². The summed E-state index contributed by atoms with van der Waals surface area (Å²) < 4.78 is 3.93. The Balaban J connectivity index is 0.00000240. The van der Waals surface area contributed by atoms with Crippen LogP contribution in [-0.2, 0) is 13.5 Å². The molecule has 0 spiro atoms. The maximum atomic E-state index is 4.86. The van der Waals surface area contributed by atoms with Crippen LogP contribution >= 0.6 is 24.0 Å². The number of guanidine groups is 1. The molecular weight excluding hydrogens is 479 g/mol. The topological polar surface area (TPSA) is 75.6 Å². The van der Waals surface area contributed by atoms with Gasteiger partial charge in [-0.05, 0) is 37.5 Å². The molecule has 1 N–H and O–H groups in total. The minimum atomic E-state index is 0. The lowest BCUT2D eigenvalue weighted by Gasteiger charge is -2.21. The average Bonchev–Trinajstić information content (AvgIpc) is 3.44. The van der Waals surface area contributed by atoms with E-state index in [2.05, 4.69) is 38.6 Å². The Kier molecular flexibility index (Phi) is 7.45. The third kappa shape index (κ3) is 5.06. The van der Waals surface area contributed by atoms with Crippen LogP contribution in [0.3, 0.4) is 0 Å². The van der Waals surface area contributed by atoms with Crippen LogP contribution in [0.5, 0.6) is 0 Å². The fourth-order valence-corrected chi connectivity index (χ4v) is 3.79. The summed E-state index contributed by atoms with van der Waals surface area (Å²) in [4.78, 5) is 7.23. The monoisotopic (exact) mass is 508 g/mol. The molecular formula is C20H29IN8. The molecule has 1 aliphatic rings. The summed E-state index contributed by atoms with van der Waals surface area (Å²) in [5.74, 6) is 2.54. The molecule has 0 radical (unpaired) electrons. The maximum Gasteiger partial charge on any atom is 0.193 e. The number of rotatable bonds is 6. The van der Waals surface area contributed by atoms with Crippen molar-refractivity contribution >= 4 is 35.6 Å². The van der Waals surface area contributed by atoms with Gasteiger partial charge in [0.1, 0.15) is 5.82 Å². The summed E-state index contributed by atoms with van der Waals surface area (Å²) in [5.41, 5.74) is 2.22. The van der Waals surface area contributed by atoms with E-state index < -0.39 is 0 Å². The van der Waals surface area contributed by atoms with Crippen LogP contribution in [0, 0.1) is 0 Å². The molecule has 0 bridgehead atoms. The van der Waals surface area contributed by atoms with Crippen molar-refractivity contribution in [3.63, 3.8) is 0 Å². The molecule has 1 saturated heterocycles. The van der Waals surface area contributed by atoms with E-state index in [4.69, 9.17) is 4.99 Å². The quantitative estimate of drug-likeness (QED) is 0.240. The molecule has 29 heavy (non-hydrogen) atoms. The zero-order valence-corrected chi connectivity index (χ0v) is 19.4. The number of aromatic nitrogens is 5. The van der Waals surface area contributed by atoms with E-state index in [1.807, 2.05) is 46.7 Å². The van der Waals surface area contributed by atoms with Crippen LogP contribution in [0.2, 0.25) is 0 Å². The highest BCUT2D eigenvalue weighted by molar-refractivity contribution is 14.0. The third-order valence-corrected chi connectivity index (χ3v) is 5.22. The molecule has 1 aliphatic heterocycles. The molecule has 1 unspecified atom stereocenters.